The number of aliphatic carboxylic acids is 1. The van der Waals surface area contributed by atoms with E-state index in [0.29, 0.717) is 18.9 Å². The van der Waals surface area contributed by atoms with Crippen molar-refractivity contribution in [2.75, 3.05) is 13.1 Å². The number of carboxylic acid groups (broad SMARTS) is 1. The second kappa shape index (κ2) is 10.6. The third kappa shape index (κ3) is 7.22. The number of unbranched alkanes of at least 4 members (excludes halogenated alkanes) is 3. The van der Waals surface area contributed by atoms with E-state index in [4.69, 9.17) is 5.11 Å². The standard InChI is InChI=1S/C19H34N2O4/c22-17(15-8-4-3-5-9-15)12-13-21-14-16(20-19(21)25)10-6-1-2-7-11-18(23)24/h15-17,22H,1-14H2,(H,20,25)(H,23,24). The Morgan fingerprint density at radius 3 is 2.60 bits per heavy atom. The van der Waals surface area contributed by atoms with Gasteiger partial charge in [-0.15, -0.1) is 0 Å². The minimum absolute atomic E-state index is 0.00767. The number of carboxylic acids is 1. The van der Waals surface area contributed by atoms with Crippen LogP contribution in [0.15, 0.2) is 0 Å². The van der Waals surface area contributed by atoms with Gasteiger partial charge in [0.1, 0.15) is 0 Å². The molecule has 1 aliphatic heterocycles. The highest BCUT2D eigenvalue weighted by molar-refractivity contribution is 5.76. The van der Waals surface area contributed by atoms with Crippen molar-refractivity contribution in [2.45, 2.75) is 89.2 Å². The third-order valence-corrected chi connectivity index (χ3v) is 5.64. The Balaban J connectivity index is 1.57. The average molecular weight is 354 g/mol. The summed E-state index contributed by atoms with van der Waals surface area (Å²) >= 11 is 0. The fourth-order valence-corrected chi connectivity index (χ4v) is 4.08. The first kappa shape index (κ1) is 20.0. The molecule has 0 aromatic carbocycles. The SMILES string of the molecule is O=C(O)CCCCCCC1CN(CCC(O)C2CCCCC2)C(=O)N1. The molecule has 2 atom stereocenters. The molecule has 1 heterocycles. The molecular formula is C19H34N2O4. The van der Waals surface area contributed by atoms with Gasteiger partial charge < -0.3 is 20.4 Å². The molecule has 6 heteroatoms. The van der Waals surface area contributed by atoms with E-state index in [2.05, 4.69) is 5.32 Å². The van der Waals surface area contributed by atoms with E-state index in [1.54, 1.807) is 0 Å². The first-order valence-electron chi connectivity index (χ1n) is 10.0. The van der Waals surface area contributed by atoms with E-state index in [1.165, 1.54) is 19.3 Å². The van der Waals surface area contributed by atoms with Crippen LogP contribution in [-0.2, 0) is 4.79 Å². The highest BCUT2D eigenvalue weighted by atomic mass is 16.4. The maximum absolute atomic E-state index is 12.1. The van der Waals surface area contributed by atoms with Crippen LogP contribution in [0.3, 0.4) is 0 Å². The Kier molecular flexibility index (Phi) is 8.52. The van der Waals surface area contributed by atoms with Gasteiger partial charge in [0.25, 0.3) is 0 Å². The lowest BCUT2D eigenvalue weighted by molar-refractivity contribution is -0.137. The van der Waals surface area contributed by atoms with Crippen molar-refractivity contribution in [1.82, 2.24) is 10.2 Å². The Labute approximate surface area is 151 Å². The monoisotopic (exact) mass is 354 g/mol. The van der Waals surface area contributed by atoms with Crippen molar-refractivity contribution in [2.24, 2.45) is 5.92 Å². The van der Waals surface area contributed by atoms with Crippen LogP contribution in [0.25, 0.3) is 0 Å². The highest BCUT2D eigenvalue weighted by Crippen LogP contribution is 2.28. The molecule has 1 saturated carbocycles. The summed E-state index contributed by atoms with van der Waals surface area (Å²) in [5.41, 5.74) is 0. The molecule has 0 aromatic rings. The second-order valence-electron chi connectivity index (χ2n) is 7.69. The van der Waals surface area contributed by atoms with Gasteiger partial charge in [-0.25, -0.2) is 4.79 Å². The first-order valence-corrected chi connectivity index (χ1v) is 10.0. The topological polar surface area (TPSA) is 89.9 Å². The molecule has 2 amide bonds. The van der Waals surface area contributed by atoms with Crippen LogP contribution in [-0.4, -0.2) is 52.3 Å². The molecular weight excluding hydrogens is 320 g/mol. The Morgan fingerprint density at radius 2 is 1.88 bits per heavy atom. The van der Waals surface area contributed by atoms with Gasteiger partial charge in [-0.05, 0) is 38.0 Å². The normalized spacial score (nSPS) is 22.8. The van der Waals surface area contributed by atoms with Gasteiger partial charge in [-0.1, -0.05) is 38.5 Å². The van der Waals surface area contributed by atoms with Gasteiger partial charge in [-0.2, -0.15) is 0 Å². The summed E-state index contributed by atoms with van der Waals surface area (Å²) in [7, 11) is 0. The summed E-state index contributed by atoms with van der Waals surface area (Å²) in [5, 5.41) is 22.0. The predicted octanol–water partition coefficient (Wildman–Crippen LogP) is 3.14. The fourth-order valence-electron chi connectivity index (χ4n) is 4.08. The number of carbonyl (C=O) groups excluding carboxylic acids is 1. The van der Waals surface area contributed by atoms with E-state index in [0.717, 1.165) is 51.5 Å². The van der Waals surface area contributed by atoms with Crippen molar-refractivity contribution in [3.05, 3.63) is 0 Å². The number of amides is 2. The van der Waals surface area contributed by atoms with Crippen LogP contribution in [0, 0.1) is 5.92 Å². The van der Waals surface area contributed by atoms with Crippen molar-refractivity contribution < 1.29 is 19.8 Å². The highest BCUT2D eigenvalue weighted by Gasteiger charge is 2.29. The van der Waals surface area contributed by atoms with Crippen LogP contribution < -0.4 is 5.32 Å². The molecule has 0 aromatic heterocycles. The number of hydrogen-bond acceptors (Lipinski definition) is 3. The number of aliphatic hydroxyl groups excluding tert-OH is 1. The van der Waals surface area contributed by atoms with Gasteiger partial charge in [0.15, 0.2) is 0 Å². The second-order valence-corrected chi connectivity index (χ2v) is 7.69. The fraction of sp³-hybridized carbons (Fsp3) is 0.895. The smallest absolute Gasteiger partial charge is 0.317 e. The summed E-state index contributed by atoms with van der Waals surface area (Å²) in [6.45, 7) is 1.37. The quantitative estimate of drug-likeness (QED) is 0.497. The molecule has 3 N–H and O–H groups in total. The average Bonchev–Trinajstić information content (AvgIpc) is 2.96. The number of rotatable bonds is 11. The number of nitrogens with one attached hydrogen (secondary N) is 1. The lowest BCUT2D eigenvalue weighted by Crippen LogP contribution is -2.33. The van der Waals surface area contributed by atoms with Gasteiger partial charge in [0.05, 0.1) is 6.10 Å². The van der Waals surface area contributed by atoms with Gasteiger partial charge in [0, 0.05) is 25.6 Å². The number of hydrogen-bond donors (Lipinski definition) is 3. The zero-order valence-electron chi connectivity index (χ0n) is 15.3. The van der Waals surface area contributed by atoms with Crippen LogP contribution in [0.2, 0.25) is 0 Å². The van der Waals surface area contributed by atoms with Crippen LogP contribution in [0.1, 0.15) is 77.0 Å². The molecule has 0 bridgehead atoms. The molecule has 6 nitrogen and oxygen atoms in total. The minimum atomic E-state index is -0.728. The van der Waals surface area contributed by atoms with E-state index in [-0.39, 0.29) is 24.6 Å². The lowest BCUT2D eigenvalue weighted by Gasteiger charge is -2.27. The molecule has 1 saturated heterocycles. The van der Waals surface area contributed by atoms with Gasteiger partial charge >= 0.3 is 12.0 Å². The molecule has 25 heavy (non-hydrogen) atoms. The Morgan fingerprint density at radius 1 is 1.16 bits per heavy atom. The summed E-state index contributed by atoms with van der Waals surface area (Å²) in [6, 6.07) is 0.186. The number of carbonyl (C=O) groups is 2. The minimum Gasteiger partial charge on any atom is -0.481 e. The van der Waals surface area contributed by atoms with Gasteiger partial charge in [0.2, 0.25) is 0 Å². The lowest BCUT2D eigenvalue weighted by atomic mass is 9.84. The van der Waals surface area contributed by atoms with E-state index in [9.17, 15) is 14.7 Å². The number of aliphatic hydroxyl groups is 1. The summed E-state index contributed by atoms with van der Waals surface area (Å²) in [5.74, 6) is -0.310. The van der Waals surface area contributed by atoms with E-state index < -0.39 is 5.97 Å². The van der Waals surface area contributed by atoms with Crippen molar-refractivity contribution in [1.29, 1.82) is 0 Å². The van der Waals surface area contributed by atoms with E-state index in [1.807, 2.05) is 4.90 Å². The number of urea groups is 1. The van der Waals surface area contributed by atoms with Crippen LogP contribution in [0.5, 0.6) is 0 Å². The molecule has 0 spiro atoms. The summed E-state index contributed by atoms with van der Waals surface area (Å²) < 4.78 is 0. The molecule has 1 aliphatic carbocycles. The summed E-state index contributed by atoms with van der Waals surface area (Å²) in [4.78, 5) is 24.3. The first-order chi connectivity index (χ1) is 12.1. The van der Waals surface area contributed by atoms with Gasteiger partial charge in [-0.3, -0.25) is 4.79 Å². The van der Waals surface area contributed by atoms with Crippen molar-refractivity contribution in [3.63, 3.8) is 0 Å². The Hall–Kier alpha value is -1.30. The van der Waals surface area contributed by atoms with Crippen LogP contribution in [0.4, 0.5) is 4.79 Å². The summed E-state index contributed by atoms with van der Waals surface area (Å²) in [6.07, 6.45) is 11.3. The molecule has 2 unspecified atom stereocenters. The van der Waals surface area contributed by atoms with E-state index >= 15 is 0 Å². The molecule has 144 valence electrons. The van der Waals surface area contributed by atoms with Crippen LogP contribution >= 0.6 is 0 Å². The molecule has 2 fully saturated rings. The molecule has 2 rings (SSSR count). The maximum Gasteiger partial charge on any atom is 0.317 e. The molecule has 0 radical (unpaired) electrons. The zero-order valence-corrected chi connectivity index (χ0v) is 15.3. The maximum atomic E-state index is 12.1. The zero-order chi connectivity index (χ0) is 18.1. The molecule has 2 aliphatic rings. The van der Waals surface area contributed by atoms with Crippen molar-refractivity contribution >= 4 is 12.0 Å². The number of nitrogens with zero attached hydrogens (tertiary/aromatic N) is 1. The van der Waals surface area contributed by atoms with Crippen molar-refractivity contribution in [3.8, 4) is 0 Å². The third-order valence-electron chi connectivity index (χ3n) is 5.64. The largest absolute Gasteiger partial charge is 0.481 e. The Bertz CT molecular complexity index is 424. The predicted molar refractivity (Wildman–Crippen MR) is 96.4 cm³/mol.